The predicted molar refractivity (Wildman–Crippen MR) is 41.7 cm³/mol. The van der Waals surface area contributed by atoms with Gasteiger partial charge in [0.1, 0.15) is 0 Å². The highest BCUT2D eigenvalue weighted by molar-refractivity contribution is 7.71. The summed E-state index contributed by atoms with van der Waals surface area (Å²) in [6.45, 7) is 2.05. The van der Waals surface area contributed by atoms with Gasteiger partial charge in [-0.2, -0.15) is 5.21 Å². The zero-order valence-corrected chi connectivity index (χ0v) is 7.01. The lowest BCUT2D eigenvalue weighted by atomic mass is 10.1. The van der Waals surface area contributed by atoms with E-state index < -0.39 is 0 Å². The zero-order valence-electron chi connectivity index (χ0n) is 6.19. The first kappa shape index (κ1) is 6.93. The smallest absolute Gasteiger partial charge is 0.238 e. The van der Waals surface area contributed by atoms with E-state index in [2.05, 4.69) is 27.5 Å². The Balaban J connectivity index is 2.19. The van der Waals surface area contributed by atoms with Crippen molar-refractivity contribution >= 4 is 12.2 Å². The Morgan fingerprint density at radius 3 is 2.82 bits per heavy atom. The molecule has 1 aromatic rings. The second-order valence-electron chi connectivity index (χ2n) is 2.83. The number of H-pyrrole nitrogens is 1. The SMILES string of the molecule is CN1CC(n2[nH]nnc2=S)C1. The Morgan fingerprint density at radius 2 is 2.36 bits per heavy atom. The number of tetrazole rings is 1. The van der Waals surface area contributed by atoms with Crippen molar-refractivity contribution in [2.45, 2.75) is 6.04 Å². The molecule has 0 aromatic carbocycles. The monoisotopic (exact) mass is 171 g/mol. The quantitative estimate of drug-likeness (QED) is 0.596. The number of likely N-dealkylation sites (N-methyl/N-ethyl adjacent to an activating group) is 1. The van der Waals surface area contributed by atoms with Crippen LogP contribution in [0.2, 0.25) is 0 Å². The molecule has 11 heavy (non-hydrogen) atoms. The van der Waals surface area contributed by atoms with Gasteiger partial charge in [-0.1, -0.05) is 10.3 Å². The molecule has 0 bridgehead atoms. The molecule has 0 spiro atoms. The van der Waals surface area contributed by atoms with Crippen molar-refractivity contribution in [3.8, 4) is 0 Å². The van der Waals surface area contributed by atoms with E-state index in [0.717, 1.165) is 13.1 Å². The molecule has 1 fully saturated rings. The third kappa shape index (κ3) is 1.08. The summed E-state index contributed by atoms with van der Waals surface area (Å²) in [4.78, 5) is 2.22. The Labute approximate surface area is 69.0 Å². The number of aromatic amines is 1. The van der Waals surface area contributed by atoms with Gasteiger partial charge in [0.15, 0.2) is 0 Å². The molecule has 1 aromatic heterocycles. The third-order valence-electron chi connectivity index (χ3n) is 1.90. The average molecular weight is 171 g/mol. The Hall–Kier alpha value is -0.750. The van der Waals surface area contributed by atoms with Crippen LogP contribution < -0.4 is 0 Å². The lowest BCUT2D eigenvalue weighted by molar-refractivity contribution is 0.128. The topological polar surface area (TPSA) is 49.7 Å². The second kappa shape index (κ2) is 2.38. The summed E-state index contributed by atoms with van der Waals surface area (Å²) in [6, 6.07) is 0.447. The van der Waals surface area contributed by atoms with Crippen LogP contribution in [-0.2, 0) is 0 Å². The maximum atomic E-state index is 4.94. The molecule has 0 radical (unpaired) electrons. The molecule has 1 saturated heterocycles. The lowest BCUT2D eigenvalue weighted by Gasteiger charge is -2.35. The maximum absolute atomic E-state index is 4.94. The van der Waals surface area contributed by atoms with Gasteiger partial charge < -0.3 is 4.90 Å². The molecule has 60 valence electrons. The summed E-state index contributed by atoms with van der Waals surface area (Å²) < 4.78 is 2.37. The minimum Gasteiger partial charge on any atom is -0.302 e. The Morgan fingerprint density at radius 1 is 1.64 bits per heavy atom. The normalized spacial score (nSPS) is 20.1. The molecule has 0 saturated carbocycles. The van der Waals surface area contributed by atoms with Gasteiger partial charge in [-0.3, -0.25) is 0 Å². The van der Waals surface area contributed by atoms with Gasteiger partial charge in [-0.25, -0.2) is 4.68 Å². The van der Waals surface area contributed by atoms with E-state index in [1.807, 2.05) is 4.68 Å². The Kier molecular flexibility index (Phi) is 1.50. The van der Waals surface area contributed by atoms with Crippen LogP contribution in [0.1, 0.15) is 6.04 Å². The van der Waals surface area contributed by atoms with Crippen LogP contribution in [0.3, 0.4) is 0 Å². The molecule has 0 aliphatic carbocycles. The molecule has 5 nitrogen and oxygen atoms in total. The van der Waals surface area contributed by atoms with E-state index >= 15 is 0 Å². The van der Waals surface area contributed by atoms with Crippen molar-refractivity contribution in [1.82, 2.24) is 25.1 Å². The van der Waals surface area contributed by atoms with Crippen molar-refractivity contribution in [1.29, 1.82) is 0 Å². The zero-order chi connectivity index (χ0) is 7.84. The van der Waals surface area contributed by atoms with E-state index in [1.54, 1.807) is 0 Å². The highest BCUT2D eigenvalue weighted by Crippen LogP contribution is 2.16. The summed E-state index contributed by atoms with van der Waals surface area (Å²) >= 11 is 4.94. The van der Waals surface area contributed by atoms with Crippen molar-refractivity contribution < 1.29 is 0 Å². The summed E-state index contributed by atoms with van der Waals surface area (Å²) in [5.41, 5.74) is 0. The highest BCUT2D eigenvalue weighted by Gasteiger charge is 2.25. The standard InChI is InChI=1S/C5H9N5S/c1-9-2-4(3-9)10-5(11)6-7-8-10/h4H,2-3H2,1H3,(H,6,8,11). The number of nitrogens with zero attached hydrogens (tertiary/aromatic N) is 4. The second-order valence-corrected chi connectivity index (χ2v) is 3.19. The van der Waals surface area contributed by atoms with Gasteiger partial charge >= 0.3 is 0 Å². The van der Waals surface area contributed by atoms with Gasteiger partial charge in [0.25, 0.3) is 0 Å². The van der Waals surface area contributed by atoms with Gasteiger partial charge in [-0.05, 0) is 19.3 Å². The van der Waals surface area contributed by atoms with Gasteiger partial charge in [0, 0.05) is 13.1 Å². The fourth-order valence-corrected chi connectivity index (χ4v) is 1.50. The van der Waals surface area contributed by atoms with Crippen molar-refractivity contribution in [2.24, 2.45) is 0 Å². The molecule has 0 amide bonds. The molecule has 2 rings (SSSR count). The molecule has 1 N–H and O–H groups in total. The first-order chi connectivity index (χ1) is 5.27. The molecule has 1 aliphatic rings. The van der Waals surface area contributed by atoms with E-state index in [4.69, 9.17) is 12.2 Å². The minimum absolute atomic E-state index is 0.447. The molecule has 0 unspecified atom stereocenters. The van der Waals surface area contributed by atoms with Crippen LogP contribution in [0.15, 0.2) is 0 Å². The van der Waals surface area contributed by atoms with E-state index in [-0.39, 0.29) is 0 Å². The predicted octanol–water partition coefficient (Wildman–Crippen LogP) is -0.178. The molecule has 1 aliphatic heterocycles. The van der Waals surface area contributed by atoms with Crippen LogP contribution in [0, 0.1) is 4.77 Å². The van der Waals surface area contributed by atoms with Crippen LogP contribution in [-0.4, -0.2) is 45.2 Å². The number of aromatic nitrogens is 4. The van der Waals surface area contributed by atoms with Crippen LogP contribution in [0.5, 0.6) is 0 Å². The lowest BCUT2D eigenvalue weighted by Crippen LogP contribution is -2.45. The summed E-state index contributed by atoms with van der Waals surface area (Å²) in [5, 5.41) is 10.1. The van der Waals surface area contributed by atoms with E-state index in [0.29, 0.717) is 10.8 Å². The van der Waals surface area contributed by atoms with Crippen LogP contribution >= 0.6 is 12.2 Å². The summed E-state index contributed by atoms with van der Waals surface area (Å²) in [6.07, 6.45) is 0. The molecule has 0 atom stereocenters. The molecule has 6 heteroatoms. The minimum atomic E-state index is 0.447. The molecule has 2 heterocycles. The first-order valence-electron chi connectivity index (χ1n) is 3.45. The fourth-order valence-electron chi connectivity index (χ4n) is 1.27. The van der Waals surface area contributed by atoms with Crippen molar-refractivity contribution in [2.75, 3.05) is 20.1 Å². The third-order valence-corrected chi connectivity index (χ3v) is 2.18. The van der Waals surface area contributed by atoms with Gasteiger partial charge in [0.05, 0.1) is 6.04 Å². The van der Waals surface area contributed by atoms with Crippen molar-refractivity contribution in [3.05, 3.63) is 4.77 Å². The maximum Gasteiger partial charge on any atom is 0.238 e. The fraction of sp³-hybridized carbons (Fsp3) is 0.800. The molecular weight excluding hydrogens is 162 g/mol. The number of rotatable bonds is 1. The summed E-state index contributed by atoms with van der Waals surface area (Å²) in [5.74, 6) is 0. The van der Waals surface area contributed by atoms with E-state index in [9.17, 15) is 0 Å². The summed E-state index contributed by atoms with van der Waals surface area (Å²) in [7, 11) is 2.07. The average Bonchev–Trinajstić information content (AvgIpc) is 2.29. The van der Waals surface area contributed by atoms with Gasteiger partial charge in [0.2, 0.25) is 4.77 Å². The van der Waals surface area contributed by atoms with E-state index in [1.165, 1.54) is 0 Å². The van der Waals surface area contributed by atoms with Crippen LogP contribution in [0.25, 0.3) is 0 Å². The van der Waals surface area contributed by atoms with Gasteiger partial charge in [-0.15, -0.1) is 0 Å². The number of hydrogen-bond acceptors (Lipinski definition) is 4. The van der Waals surface area contributed by atoms with Crippen molar-refractivity contribution in [3.63, 3.8) is 0 Å². The molecular formula is C5H9N5S. The number of likely N-dealkylation sites (tertiary alicyclic amines) is 1. The Bertz CT molecular complexity index is 296. The van der Waals surface area contributed by atoms with Crippen LogP contribution in [0.4, 0.5) is 0 Å². The first-order valence-corrected chi connectivity index (χ1v) is 3.86. The number of hydrogen-bond donors (Lipinski definition) is 1. The largest absolute Gasteiger partial charge is 0.302 e. The highest BCUT2D eigenvalue weighted by atomic mass is 32.1. The number of nitrogens with one attached hydrogen (secondary N) is 1.